The van der Waals surface area contributed by atoms with Gasteiger partial charge in [0.15, 0.2) is 0 Å². The van der Waals surface area contributed by atoms with E-state index in [0.29, 0.717) is 0 Å². The highest BCUT2D eigenvalue weighted by molar-refractivity contribution is 4.70. The molecule has 13 heavy (non-hydrogen) atoms. The average Bonchev–Trinajstić information content (AvgIpc) is 2.15. The molecule has 1 saturated heterocycles. The fraction of sp³-hybridized carbons (Fsp3) is 1.00. The van der Waals surface area contributed by atoms with Gasteiger partial charge in [0.1, 0.15) is 0 Å². The second-order valence-corrected chi connectivity index (χ2v) is 4.05. The van der Waals surface area contributed by atoms with E-state index in [1.165, 1.54) is 51.7 Å². The van der Waals surface area contributed by atoms with Gasteiger partial charge in [0, 0.05) is 0 Å². The van der Waals surface area contributed by atoms with Gasteiger partial charge in [-0.05, 0) is 44.8 Å². The van der Waals surface area contributed by atoms with Gasteiger partial charge in [0.05, 0.1) is 0 Å². The molecule has 0 unspecified atom stereocenters. The Balaban J connectivity index is 0.00000144. The van der Waals surface area contributed by atoms with Crippen LogP contribution in [0.4, 0.5) is 4.70 Å². The third kappa shape index (κ3) is 4.61. The summed E-state index contributed by atoms with van der Waals surface area (Å²) in [7, 11) is 0. The lowest BCUT2D eigenvalue weighted by Crippen LogP contribution is -2.34. The van der Waals surface area contributed by atoms with Crippen molar-refractivity contribution in [3.05, 3.63) is 0 Å². The van der Waals surface area contributed by atoms with Gasteiger partial charge in [-0.3, -0.25) is 4.70 Å². The second-order valence-electron chi connectivity index (χ2n) is 4.05. The highest BCUT2D eigenvalue weighted by Crippen LogP contribution is 2.19. The third-order valence-electron chi connectivity index (χ3n) is 3.11. The van der Waals surface area contributed by atoms with Crippen LogP contribution in [0.2, 0.25) is 0 Å². The molecule has 2 heteroatoms. The Hall–Kier alpha value is -0.110. The first-order valence-electron chi connectivity index (χ1n) is 5.59. The Labute approximate surface area is 81.9 Å². The molecular formula is C11H24FN. The minimum atomic E-state index is 0. The number of rotatable bonds is 4. The summed E-state index contributed by atoms with van der Waals surface area (Å²) in [6.45, 7) is 8.66. The number of unbranched alkanes of at least 4 members (excludes halogenated alkanes) is 1. The summed E-state index contributed by atoms with van der Waals surface area (Å²) >= 11 is 0. The first kappa shape index (κ1) is 12.9. The smallest absolute Gasteiger partial charge is 0.00161 e. The molecule has 1 nitrogen and oxygen atoms in total. The molecule has 0 aromatic carbocycles. The van der Waals surface area contributed by atoms with E-state index >= 15 is 0 Å². The van der Waals surface area contributed by atoms with Crippen molar-refractivity contribution in [3.8, 4) is 0 Å². The topological polar surface area (TPSA) is 3.24 Å². The van der Waals surface area contributed by atoms with Gasteiger partial charge in [0.2, 0.25) is 0 Å². The zero-order chi connectivity index (χ0) is 8.81. The summed E-state index contributed by atoms with van der Waals surface area (Å²) in [5.41, 5.74) is 0. The Bertz CT molecular complexity index is 109. The average molecular weight is 189 g/mol. The van der Waals surface area contributed by atoms with Crippen LogP contribution < -0.4 is 0 Å². The van der Waals surface area contributed by atoms with E-state index in [2.05, 4.69) is 18.7 Å². The molecule has 1 fully saturated rings. The van der Waals surface area contributed by atoms with Crippen LogP contribution in [-0.2, 0) is 0 Å². The van der Waals surface area contributed by atoms with Crippen LogP contribution in [0.1, 0.15) is 46.0 Å². The highest BCUT2D eigenvalue weighted by Gasteiger charge is 2.16. The van der Waals surface area contributed by atoms with Crippen LogP contribution in [0.15, 0.2) is 0 Å². The summed E-state index contributed by atoms with van der Waals surface area (Å²) in [5, 5.41) is 0. The lowest BCUT2D eigenvalue weighted by atomic mass is 9.94. The van der Waals surface area contributed by atoms with Crippen molar-refractivity contribution >= 4 is 0 Å². The number of hydrogen-bond donors (Lipinski definition) is 0. The SMILES string of the molecule is CCCCN1CCC(CC)CC1.F. The van der Waals surface area contributed by atoms with Crippen molar-refractivity contribution in [1.82, 2.24) is 4.90 Å². The molecule has 0 saturated carbocycles. The van der Waals surface area contributed by atoms with Crippen LogP contribution in [0.3, 0.4) is 0 Å². The predicted molar refractivity (Wildman–Crippen MR) is 56.9 cm³/mol. The molecule has 1 aliphatic heterocycles. The first-order valence-corrected chi connectivity index (χ1v) is 5.59. The first-order chi connectivity index (χ1) is 5.86. The van der Waals surface area contributed by atoms with E-state index in [1.54, 1.807) is 0 Å². The monoisotopic (exact) mass is 189 g/mol. The van der Waals surface area contributed by atoms with Gasteiger partial charge in [-0.25, -0.2) is 0 Å². The number of halogens is 1. The maximum Gasteiger partial charge on any atom is -0.00161 e. The molecule has 0 aromatic heterocycles. The molecule has 0 aromatic rings. The summed E-state index contributed by atoms with van der Waals surface area (Å²) in [6.07, 6.45) is 7.01. The molecule has 0 bridgehead atoms. The molecule has 0 amide bonds. The third-order valence-corrected chi connectivity index (χ3v) is 3.11. The fourth-order valence-corrected chi connectivity index (χ4v) is 2.00. The van der Waals surface area contributed by atoms with Crippen LogP contribution in [-0.4, -0.2) is 24.5 Å². The summed E-state index contributed by atoms with van der Waals surface area (Å²) in [5.74, 6) is 1.03. The molecule has 1 heterocycles. The van der Waals surface area contributed by atoms with E-state index in [0.717, 1.165) is 5.92 Å². The summed E-state index contributed by atoms with van der Waals surface area (Å²) in [4.78, 5) is 2.63. The van der Waals surface area contributed by atoms with E-state index in [9.17, 15) is 0 Å². The molecule has 0 atom stereocenters. The largest absolute Gasteiger partial charge is 0.303 e. The van der Waals surface area contributed by atoms with Crippen LogP contribution in [0.25, 0.3) is 0 Å². The van der Waals surface area contributed by atoms with Crippen molar-refractivity contribution in [1.29, 1.82) is 0 Å². The number of likely N-dealkylation sites (tertiary alicyclic amines) is 1. The van der Waals surface area contributed by atoms with Crippen LogP contribution in [0, 0.1) is 5.92 Å². The van der Waals surface area contributed by atoms with Crippen molar-refractivity contribution in [2.24, 2.45) is 5.92 Å². The van der Waals surface area contributed by atoms with Gasteiger partial charge in [-0.2, -0.15) is 0 Å². The minimum Gasteiger partial charge on any atom is -0.303 e. The Morgan fingerprint density at radius 1 is 1.15 bits per heavy atom. The molecule has 0 aliphatic carbocycles. The lowest BCUT2D eigenvalue weighted by Gasteiger charge is -2.31. The van der Waals surface area contributed by atoms with E-state index in [1.807, 2.05) is 0 Å². The van der Waals surface area contributed by atoms with Crippen molar-refractivity contribution in [2.45, 2.75) is 46.0 Å². The summed E-state index contributed by atoms with van der Waals surface area (Å²) in [6, 6.07) is 0. The van der Waals surface area contributed by atoms with Gasteiger partial charge >= 0.3 is 0 Å². The molecule has 1 aliphatic rings. The van der Waals surface area contributed by atoms with E-state index < -0.39 is 0 Å². The molecule has 0 spiro atoms. The van der Waals surface area contributed by atoms with E-state index in [4.69, 9.17) is 0 Å². The summed E-state index contributed by atoms with van der Waals surface area (Å²) < 4.78 is 0. The van der Waals surface area contributed by atoms with Crippen molar-refractivity contribution in [3.63, 3.8) is 0 Å². The molecule has 1 rings (SSSR count). The number of hydrogen-bond acceptors (Lipinski definition) is 1. The molecular weight excluding hydrogens is 165 g/mol. The zero-order valence-corrected chi connectivity index (χ0v) is 9.09. The normalized spacial score (nSPS) is 19.8. The highest BCUT2D eigenvalue weighted by atomic mass is 19.0. The fourth-order valence-electron chi connectivity index (χ4n) is 2.00. The zero-order valence-electron chi connectivity index (χ0n) is 9.09. The predicted octanol–water partition coefficient (Wildman–Crippen LogP) is 3.06. The van der Waals surface area contributed by atoms with Gasteiger partial charge in [-0.1, -0.05) is 26.7 Å². The van der Waals surface area contributed by atoms with E-state index in [-0.39, 0.29) is 4.70 Å². The standard InChI is InChI=1S/C11H23N.FH/c1-3-5-8-12-9-6-11(4-2)7-10-12;/h11H,3-10H2,1-2H3;1H. The molecule has 0 radical (unpaired) electrons. The van der Waals surface area contributed by atoms with Crippen LogP contribution in [0.5, 0.6) is 0 Å². The molecule has 80 valence electrons. The quantitative estimate of drug-likeness (QED) is 0.657. The van der Waals surface area contributed by atoms with Crippen molar-refractivity contribution < 1.29 is 4.70 Å². The van der Waals surface area contributed by atoms with Crippen LogP contribution >= 0.6 is 0 Å². The number of nitrogens with zero attached hydrogens (tertiary/aromatic N) is 1. The Morgan fingerprint density at radius 2 is 1.77 bits per heavy atom. The second kappa shape index (κ2) is 7.31. The maximum absolute atomic E-state index is 2.63. The maximum atomic E-state index is 2.63. The van der Waals surface area contributed by atoms with Gasteiger partial charge in [-0.15, -0.1) is 0 Å². The minimum absolute atomic E-state index is 0. The molecule has 0 N–H and O–H groups in total. The van der Waals surface area contributed by atoms with Gasteiger partial charge < -0.3 is 4.90 Å². The lowest BCUT2D eigenvalue weighted by molar-refractivity contribution is 0.180. The van der Waals surface area contributed by atoms with Gasteiger partial charge in [0.25, 0.3) is 0 Å². The number of piperidine rings is 1. The Kier molecular flexibility index (Phi) is 7.25. The van der Waals surface area contributed by atoms with Crippen molar-refractivity contribution in [2.75, 3.05) is 19.6 Å². The Morgan fingerprint density at radius 3 is 2.23 bits per heavy atom.